The third-order valence-corrected chi connectivity index (χ3v) is 2.93. The van der Waals surface area contributed by atoms with Crippen LogP contribution in [0.25, 0.3) is 0 Å². The molecule has 0 aliphatic heterocycles. The van der Waals surface area contributed by atoms with Crippen LogP contribution in [0.1, 0.15) is 38.5 Å². The smallest absolute Gasteiger partial charge is 0.211 e. The van der Waals surface area contributed by atoms with E-state index in [4.69, 9.17) is 0 Å². The minimum absolute atomic E-state index is 0.528. The van der Waals surface area contributed by atoms with Gasteiger partial charge in [0.25, 0.3) is 0 Å². The molecule has 4 nitrogen and oxygen atoms in total. The van der Waals surface area contributed by atoms with Crippen LogP contribution in [0.2, 0.25) is 0 Å². The minimum atomic E-state index is 0.528. The highest BCUT2D eigenvalue weighted by molar-refractivity contribution is 5.33. The van der Waals surface area contributed by atoms with Crippen LogP contribution in [0.5, 0.6) is 0 Å². The Hall–Kier alpha value is -1.76. The van der Waals surface area contributed by atoms with Gasteiger partial charge in [0.2, 0.25) is 12.2 Å². The fourth-order valence-corrected chi connectivity index (χ4v) is 2.12. The first-order valence-corrected chi connectivity index (χ1v) is 6.30. The highest BCUT2D eigenvalue weighted by Crippen LogP contribution is 2.28. The van der Waals surface area contributed by atoms with Gasteiger partial charge >= 0.3 is 0 Å². The van der Waals surface area contributed by atoms with Gasteiger partial charge in [0.15, 0.2) is 0 Å². The van der Waals surface area contributed by atoms with E-state index in [0.717, 1.165) is 32.1 Å². The lowest BCUT2D eigenvalue weighted by atomic mass is 9.89. The lowest BCUT2D eigenvalue weighted by Gasteiger charge is -2.17. The molecular formula is C14H18N2O2. The van der Waals surface area contributed by atoms with E-state index < -0.39 is 0 Å². The molecule has 18 heavy (non-hydrogen) atoms. The maximum atomic E-state index is 9.92. The van der Waals surface area contributed by atoms with Crippen molar-refractivity contribution in [3.63, 3.8) is 0 Å². The van der Waals surface area contributed by atoms with Crippen molar-refractivity contribution in [3.05, 3.63) is 23.3 Å². The summed E-state index contributed by atoms with van der Waals surface area (Å²) in [6.45, 7) is 1.06. The number of carbonyl (C=O) groups excluding carboxylic acids is 2. The average molecular weight is 246 g/mol. The zero-order chi connectivity index (χ0) is 13.1. The second kappa shape index (κ2) is 9.29. The molecule has 0 bridgehead atoms. The average Bonchev–Trinajstić information content (AvgIpc) is 2.40. The Morgan fingerprint density at radius 1 is 0.944 bits per heavy atom. The van der Waals surface area contributed by atoms with Crippen LogP contribution in [0.4, 0.5) is 0 Å². The number of rotatable bonds is 6. The summed E-state index contributed by atoms with van der Waals surface area (Å²) >= 11 is 0. The summed E-state index contributed by atoms with van der Waals surface area (Å²) in [4.78, 5) is 26.9. The van der Waals surface area contributed by atoms with Gasteiger partial charge in [0.1, 0.15) is 0 Å². The van der Waals surface area contributed by atoms with Gasteiger partial charge in [0, 0.05) is 0 Å². The van der Waals surface area contributed by atoms with Crippen molar-refractivity contribution in [2.45, 2.75) is 38.5 Å². The summed E-state index contributed by atoms with van der Waals surface area (Å²) in [7, 11) is 0. The number of isocyanates is 2. The zero-order valence-corrected chi connectivity index (χ0v) is 10.5. The SMILES string of the molecule is O=C=NCCC=C1CCCC(=CCCN=C=O)C1. The van der Waals surface area contributed by atoms with E-state index in [2.05, 4.69) is 22.1 Å². The summed E-state index contributed by atoms with van der Waals surface area (Å²) < 4.78 is 0. The molecule has 1 aliphatic rings. The van der Waals surface area contributed by atoms with E-state index in [1.807, 2.05) is 0 Å². The second-order valence-corrected chi connectivity index (χ2v) is 4.28. The van der Waals surface area contributed by atoms with Crippen LogP contribution >= 0.6 is 0 Å². The summed E-state index contributed by atoms with van der Waals surface area (Å²) in [5, 5.41) is 0. The number of allylic oxidation sites excluding steroid dienone is 2. The van der Waals surface area contributed by atoms with Gasteiger partial charge in [-0.1, -0.05) is 23.3 Å². The maximum absolute atomic E-state index is 9.92. The van der Waals surface area contributed by atoms with Gasteiger partial charge in [-0.05, 0) is 38.5 Å². The van der Waals surface area contributed by atoms with Gasteiger partial charge in [-0.15, -0.1) is 0 Å². The Morgan fingerprint density at radius 3 is 1.89 bits per heavy atom. The van der Waals surface area contributed by atoms with E-state index >= 15 is 0 Å². The van der Waals surface area contributed by atoms with Gasteiger partial charge < -0.3 is 0 Å². The van der Waals surface area contributed by atoms with Crippen molar-refractivity contribution in [2.24, 2.45) is 9.98 Å². The Bertz CT molecular complexity index is 374. The van der Waals surface area contributed by atoms with Crippen LogP contribution in [0.3, 0.4) is 0 Å². The largest absolute Gasteiger partial charge is 0.234 e. The number of hydrogen-bond donors (Lipinski definition) is 0. The molecule has 0 aromatic carbocycles. The van der Waals surface area contributed by atoms with Crippen molar-refractivity contribution >= 4 is 12.2 Å². The molecule has 96 valence electrons. The van der Waals surface area contributed by atoms with Crippen molar-refractivity contribution in [3.8, 4) is 0 Å². The molecule has 0 N–H and O–H groups in total. The lowest BCUT2D eigenvalue weighted by Crippen LogP contribution is -1.98. The molecule has 0 heterocycles. The maximum Gasteiger partial charge on any atom is 0.234 e. The first-order valence-electron chi connectivity index (χ1n) is 6.30. The zero-order valence-electron chi connectivity index (χ0n) is 10.5. The summed E-state index contributed by atoms with van der Waals surface area (Å²) in [5.41, 5.74) is 2.85. The highest BCUT2D eigenvalue weighted by atomic mass is 16.1. The van der Waals surface area contributed by atoms with Crippen LogP contribution in [0, 0.1) is 0 Å². The van der Waals surface area contributed by atoms with E-state index in [0.29, 0.717) is 13.1 Å². The molecule has 4 heteroatoms. The highest BCUT2D eigenvalue weighted by Gasteiger charge is 2.09. The molecule has 0 amide bonds. The Balaban J connectivity index is 2.39. The van der Waals surface area contributed by atoms with Crippen molar-refractivity contribution in [1.82, 2.24) is 0 Å². The van der Waals surface area contributed by atoms with Crippen molar-refractivity contribution < 1.29 is 9.59 Å². The van der Waals surface area contributed by atoms with E-state index in [-0.39, 0.29) is 0 Å². The lowest BCUT2D eigenvalue weighted by molar-refractivity contribution is 0.562. The molecule has 1 aliphatic carbocycles. The van der Waals surface area contributed by atoms with E-state index in [1.54, 1.807) is 12.2 Å². The minimum Gasteiger partial charge on any atom is -0.211 e. The standard InChI is InChI=1S/C14H18N2O2/c17-11-15-8-2-6-13-4-1-5-14(10-13)7-3-9-16-12-18/h6-7H,1-5,8-10H2. The molecule has 1 rings (SSSR count). The van der Waals surface area contributed by atoms with Crippen LogP contribution in [-0.4, -0.2) is 25.2 Å². The Kier molecular flexibility index (Phi) is 7.38. The predicted molar refractivity (Wildman–Crippen MR) is 69.8 cm³/mol. The van der Waals surface area contributed by atoms with Gasteiger partial charge in [-0.25, -0.2) is 19.6 Å². The van der Waals surface area contributed by atoms with Crippen molar-refractivity contribution in [1.29, 1.82) is 0 Å². The van der Waals surface area contributed by atoms with Gasteiger partial charge in [-0.2, -0.15) is 0 Å². The monoisotopic (exact) mass is 246 g/mol. The third-order valence-electron chi connectivity index (χ3n) is 2.93. The molecule has 1 saturated carbocycles. The summed E-state index contributed by atoms with van der Waals surface area (Å²) in [5.74, 6) is 0. The number of hydrogen-bond acceptors (Lipinski definition) is 4. The molecule has 0 radical (unpaired) electrons. The number of aliphatic imine (C=N–C) groups is 2. The Morgan fingerprint density at radius 2 is 1.44 bits per heavy atom. The molecule has 0 spiro atoms. The molecule has 0 aromatic rings. The van der Waals surface area contributed by atoms with Crippen LogP contribution in [0.15, 0.2) is 33.3 Å². The normalized spacial score (nSPS) is 19.3. The first-order chi connectivity index (χ1) is 8.86. The quantitative estimate of drug-likeness (QED) is 0.313. The Labute approximate surface area is 107 Å². The molecular weight excluding hydrogens is 228 g/mol. The predicted octanol–water partition coefficient (Wildman–Crippen LogP) is 2.87. The second-order valence-electron chi connectivity index (χ2n) is 4.28. The third kappa shape index (κ3) is 6.09. The fraction of sp³-hybridized carbons (Fsp3) is 0.571. The topological polar surface area (TPSA) is 58.9 Å². The number of nitrogens with zero attached hydrogens (tertiary/aromatic N) is 2. The van der Waals surface area contributed by atoms with E-state index in [1.165, 1.54) is 17.6 Å². The molecule has 0 saturated heterocycles. The first kappa shape index (κ1) is 14.3. The van der Waals surface area contributed by atoms with Crippen LogP contribution < -0.4 is 0 Å². The van der Waals surface area contributed by atoms with Gasteiger partial charge in [-0.3, -0.25) is 0 Å². The van der Waals surface area contributed by atoms with E-state index in [9.17, 15) is 9.59 Å². The molecule has 0 aromatic heterocycles. The van der Waals surface area contributed by atoms with Crippen molar-refractivity contribution in [2.75, 3.05) is 13.1 Å². The summed E-state index contributed by atoms with van der Waals surface area (Å²) in [6, 6.07) is 0. The molecule has 1 fully saturated rings. The molecule has 0 atom stereocenters. The summed E-state index contributed by atoms with van der Waals surface area (Å²) in [6.07, 6.45) is 13.5. The molecule has 0 unspecified atom stereocenters. The van der Waals surface area contributed by atoms with Gasteiger partial charge in [0.05, 0.1) is 13.1 Å². The fourth-order valence-electron chi connectivity index (χ4n) is 2.12. The van der Waals surface area contributed by atoms with Crippen LogP contribution in [-0.2, 0) is 9.59 Å².